The first-order valence-corrected chi connectivity index (χ1v) is 6.43. The number of rotatable bonds is 2. The first-order chi connectivity index (χ1) is 8.83. The van der Waals surface area contributed by atoms with E-state index in [0.717, 1.165) is 37.4 Å². The predicted octanol–water partition coefficient (Wildman–Crippen LogP) is 2.02. The monoisotopic (exact) mass is 239 g/mol. The Labute approximate surface area is 107 Å². The Bertz CT molecular complexity index is 549. The summed E-state index contributed by atoms with van der Waals surface area (Å²) in [6, 6.07) is 10.4. The van der Waals surface area contributed by atoms with Gasteiger partial charge in [0.25, 0.3) is 0 Å². The molecule has 18 heavy (non-hydrogen) atoms. The molecule has 1 aliphatic rings. The predicted molar refractivity (Wildman–Crippen MR) is 71.4 cm³/mol. The molecule has 2 heterocycles. The van der Waals surface area contributed by atoms with Crippen LogP contribution in [-0.4, -0.2) is 16.5 Å². The summed E-state index contributed by atoms with van der Waals surface area (Å²) in [6.45, 7) is 4.01. The van der Waals surface area contributed by atoms with E-state index in [-0.39, 0.29) is 0 Å². The van der Waals surface area contributed by atoms with Gasteiger partial charge in [-0.1, -0.05) is 30.3 Å². The SMILES string of the molecule is Cc1nc(Cc2ccccc2)nc2c1CCNC2. The molecule has 92 valence electrons. The van der Waals surface area contributed by atoms with Crippen LogP contribution < -0.4 is 5.32 Å². The van der Waals surface area contributed by atoms with Crippen molar-refractivity contribution in [2.45, 2.75) is 26.3 Å². The maximum atomic E-state index is 4.70. The number of hydrogen-bond acceptors (Lipinski definition) is 3. The van der Waals surface area contributed by atoms with Crippen LogP contribution in [0.4, 0.5) is 0 Å². The molecular weight excluding hydrogens is 222 g/mol. The van der Waals surface area contributed by atoms with Gasteiger partial charge in [0.1, 0.15) is 5.82 Å². The van der Waals surface area contributed by atoms with Crippen LogP contribution in [0.3, 0.4) is 0 Å². The topological polar surface area (TPSA) is 37.8 Å². The highest BCUT2D eigenvalue weighted by molar-refractivity contribution is 5.29. The number of benzene rings is 1. The van der Waals surface area contributed by atoms with Gasteiger partial charge in [-0.05, 0) is 31.0 Å². The van der Waals surface area contributed by atoms with Crippen molar-refractivity contribution in [2.24, 2.45) is 0 Å². The van der Waals surface area contributed by atoms with Crippen LogP contribution in [0.15, 0.2) is 30.3 Å². The Balaban J connectivity index is 1.91. The zero-order valence-electron chi connectivity index (χ0n) is 10.6. The number of hydrogen-bond donors (Lipinski definition) is 1. The third-order valence-corrected chi connectivity index (χ3v) is 3.40. The molecule has 3 nitrogen and oxygen atoms in total. The Morgan fingerprint density at radius 3 is 2.83 bits per heavy atom. The van der Waals surface area contributed by atoms with Gasteiger partial charge in [0.15, 0.2) is 0 Å². The average Bonchev–Trinajstić information content (AvgIpc) is 2.40. The fourth-order valence-corrected chi connectivity index (χ4v) is 2.47. The molecule has 1 aromatic carbocycles. The zero-order chi connectivity index (χ0) is 12.4. The summed E-state index contributed by atoms with van der Waals surface area (Å²) >= 11 is 0. The number of aromatic nitrogens is 2. The van der Waals surface area contributed by atoms with E-state index in [1.54, 1.807) is 0 Å². The molecule has 2 aromatic rings. The minimum absolute atomic E-state index is 0.814. The molecule has 0 spiro atoms. The van der Waals surface area contributed by atoms with Crippen LogP contribution in [0.25, 0.3) is 0 Å². The second kappa shape index (κ2) is 4.86. The van der Waals surface area contributed by atoms with Crippen LogP contribution in [0.5, 0.6) is 0 Å². The lowest BCUT2D eigenvalue weighted by Crippen LogP contribution is -2.26. The van der Waals surface area contributed by atoms with Gasteiger partial charge in [0.05, 0.1) is 5.69 Å². The molecular formula is C15H17N3. The maximum absolute atomic E-state index is 4.70. The van der Waals surface area contributed by atoms with E-state index in [9.17, 15) is 0 Å². The van der Waals surface area contributed by atoms with Crippen molar-refractivity contribution in [3.63, 3.8) is 0 Å². The summed E-state index contributed by atoms with van der Waals surface area (Å²) in [7, 11) is 0. The van der Waals surface area contributed by atoms with Crippen molar-refractivity contribution in [3.05, 3.63) is 58.7 Å². The van der Waals surface area contributed by atoms with Crippen molar-refractivity contribution in [2.75, 3.05) is 6.54 Å². The van der Waals surface area contributed by atoms with E-state index < -0.39 is 0 Å². The molecule has 1 aromatic heterocycles. The molecule has 0 atom stereocenters. The highest BCUT2D eigenvalue weighted by Gasteiger charge is 2.14. The lowest BCUT2D eigenvalue weighted by Gasteiger charge is -2.18. The second-order valence-corrected chi connectivity index (χ2v) is 4.74. The van der Waals surface area contributed by atoms with E-state index in [2.05, 4.69) is 41.5 Å². The Morgan fingerprint density at radius 1 is 1.17 bits per heavy atom. The number of nitrogens with one attached hydrogen (secondary N) is 1. The van der Waals surface area contributed by atoms with E-state index in [4.69, 9.17) is 4.98 Å². The van der Waals surface area contributed by atoms with Gasteiger partial charge in [0.2, 0.25) is 0 Å². The average molecular weight is 239 g/mol. The third kappa shape index (κ3) is 2.27. The molecule has 0 saturated heterocycles. The largest absolute Gasteiger partial charge is 0.311 e. The third-order valence-electron chi connectivity index (χ3n) is 3.40. The molecule has 0 unspecified atom stereocenters. The molecule has 0 amide bonds. The van der Waals surface area contributed by atoms with Crippen molar-refractivity contribution in [3.8, 4) is 0 Å². The van der Waals surface area contributed by atoms with Gasteiger partial charge in [-0.2, -0.15) is 0 Å². The maximum Gasteiger partial charge on any atom is 0.133 e. The normalized spacial score (nSPS) is 14.3. The minimum Gasteiger partial charge on any atom is -0.311 e. The summed E-state index contributed by atoms with van der Waals surface area (Å²) in [5, 5.41) is 3.37. The summed E-state index contributed by atoms with van der Waals surface area (Å²) in [4.78, 5) is 9.34. The number of nitrogens with zero attached hydrogens (tertiary/aromatic N) is 2. The van der Waals surface area contributed by atoms with E-state index in [1.807, 2.05) is 6.07 Å². The fraction of sp³-hybridized carbons (Fsp3) is 0.333. The van der Waals surface area contributed by atoms with Crippen molar-refractivity contribution in [1.29, 1.82) is 0 Å². The fourth-order valence-electron chi connectivity index (χ4n) is 2.47. The van der Waals surface area contributed by atoms with Crippen LogP contribution in [0.2, 0.25) is 0 Å². The molecule has 3 rings (SSSR count). The number of fused-ring (bicyclic) bond motifs is 1. The van der Waals surface area contributed by atoms with E-state index in [1.165, 1.54) is 16.8 Å². The molecule has 3 heteroatoms. The molecule has 1 aliphatic heterocycles. The first kappa shape index (κ1) is 11.4. The Hall–Kier alpha value is -1.74. The van der Waals surface area contributed by atoms with Gasteiger partial charge in [-0.15, -0.1) is 0 Å². The summed E-state index contributed by atoms with van der Waals surface area (Å²) < 4.78 is 0. The summed E-state index contributed by atoms with van der Waals surface area (Å²) in [5.41, 5.74) is 4.93. The highest BCUT2D eigenvalue weighted by Crippen LogP contribution is 2.16. The van der Waals surface area contributed by atoms with Crippen LogP contribution in [0.1, 0.15) is 28.3 Å². The molecule has 1 N–H and O–H groups in total. The standard InChI is InChI=1S/C15H17N3/c1-11-13-7-8-16-10-14(13)18-15(17-11)9-12-5-3-2-4-6-12/h2-6,16H,7-10H2,1H3. The van der Waals surface area contributed by atoms with Gasteiger partial charge >= 0.3 is 0 Å². The molecule has 0 bridgehead atoms. The van der Waals surface area contributed by atoms with Gasteiger partial charge in [0, 0.05) is 18.7 Å². The zero-order valence-corrected chi connectivity index (χ0v) is 10.6. The smallest absolute Gasteiger partial charge is 0.133 e. The summed E-state index contributed by atoms with van der Waals surface area (Å²) in [6.07, 6.45) is 1.86. The van der Waals surface area contributed by atoms with E-state index in [0.29, 0.717) is 0 Å². The van der Waals surface area contributed by atoms with Gasteiger partial charge in [-0.25, -0.2) is 9.97 Å². The van der Waals surface area contributed by atoms with Crippen molar-refractivity contribution < 1.29 is 0 Å². The van der Waals surface area contributed by atoms with Crippen LogP contribution in [-0.2, 0) is 19.4 Å². The van der Waals surface area contributed by atoms with Crippen LogP contribution >= 0.6 is 0 Å². The second-order valence-electron chi connectivity index (χ2n) is 4.74. The van der Waals surface area contributed by atoms with Crippen molar-refractivity contribution >= 4 is 0 Å². The van der Waals surface area contributed by atoms with E-state index >= 15 is 0 Å². The Morgan fingerprint density at radius 2 is 2.00 bits per heavy atom. The van der Waals surface area contributed by atoms with Gasteiger partial charge in [-0.3, -0.25) is 0 Å². The quantitative estimate of drug-likeness (QED) is 0.871. The highest BCUT2D eigenvalue weighted by atomic mass is 15.0. The molecule has 0 radical (unpaired) electrons. The van der Waals surface area contributed by atoms with Gasteiger partial charge < -0.3 is 5.32 Å². The summed E-state index contributed by atoms with van der Waals surface area (Å²) in [5.74, 6) is 0.932. The first-order valence-electron chi connectivity index (χ1n) is 6.43. The molecule has 0 fully saturated rings. The molecule has 0 aliphatic carbocycles. The van der Waals surface area contributed by atoms with Crippen LogP contribution in [0, 0.1) is 6.92 Å². The Kier molecular flexibility index (Phi) is 3.07. The molecule has 0 saturated carbocycles. The lowest BCUT2D eigenvalue weighted by atomic mass is 10.0. The number of aryl methyl sites for hydroxylation is 1. The van der Waals surface area contributed by atoms with Crippen molar-refractivity contribution in [1.82, 2.24) is 15.3 Å². The minimum atomic E-state index is 0.814. The lowest BCUT2D eigenvalue weighted by molar-refractivity contribution is 0.613.